The number of allylic oxidation sites excluding steroid dienone is 6. The van der Waals surface area contributed by atoms with Gasteiger partial charge in [0.25, 0.3) is 0 Å². The van der Waals surface area contributed by atoms with E-state index in [1.807, 2.05) is 36.4 Å². The number of hydrogen-bond acceptors (Lipinski definition) is 7. The van der Waals surface area contributed by atoms with Crippen LogP contribution in [-0.2, 0) is 4.74 Å². The van der Waals surface area contributed by atoms with E-state index in [2.05, 4.69) is 34.1 Å². The highest BCUT2D eigenvalue weighted by Crippen LogP contribution is 2.32. The highest BCUT2D eigenvalue weighted by Gasteiger charge is 2.16. The lowest BCUT2D eigenvalue weighted by Gasteiger charge is -2.14. The highest BCUT2D eigenvalue weighted by atomic mass is 32.1. The van der Waals surface area contributed by atoms with Gasteiger partial charge in [0, 0.05) is 41.5 Å². The molecule has 2 aromatic rings. The van der Waals surface area contributed by atoms with Crippen LogP contribution in [0.2, 0.25) is 0 Å². The molecule has 2 fully saturated rings. The Kier molecular flexibility index (Phi) is 7.18. The summed E-state index contributed by atoms with van der Waals surface area (Å²) in [4.78, 5) is 7.14. The van der Waals surface area contributed by atoms with Crippen LogP contribution >= 0.6 is 22.7 Å². The van der Waals surface area contributed by atoms with Crippen LogP contribution in [-0.4, -0.2) is 26.2 Å². The Morgan fingerprint density at radius 3 is 1.60 bits per heavy atom. The summed E-state index contributed by atoms with van der Waals surface area (Å²) in [7, 11) is 0. The quantitative estimate of drug-likeness (QED) is 0.406. The van der Waals surface area contributed by atoms with Crippen LogP contribution in [0.3, 0.4) is 0 Å². The molecule has 3 aliphatic rings. The predicted octanol–water partition coefficient (Wildman–Crippen LogP) is 6.88. The largest absolute Gasteiger partial charge is 0.457 e. The van der Waals surface area contributed by atoms with Gasteiger partial charge in [0.2, 0.25) is 0 Å². The molecular weight excluding hydrogens is 472 g/mol. The Bertz CT molecular complexity index is 1210. The molecule has 0 atom stereocenters. The van der Waals surface area contributed by atoms with E-state index in [4.69, 9.17) is 4.74 Å². The Labute approximate surface area is 214 Å². The zero-order chi connectivity index (χ0) is 24.0. The van der Waals surface area contributed by atoms with E-state index in [0.717, 1.165) is 35.9 Å². The van der Waals surface area contributed by atoms with Crippen molar-refractivity contribution in [1.29, 1.82) is 10.5 Å². The molecule has 0 saturated carbocycles. The van der Waals surface area contributed by atoms with Crippen molar-refractivity contribution in [3.05, 3.63) is 81.0 Å². The van der Waals surface area contributed by atoms with Gasteiger partial charge in [-0.3, -0.25) is 0 Å². The monoisotopic (exact) mass is 498 g/mol. The maximum Gasteiger partial charge on any atom is 0.137 e. The van der Waals surface area contributed by atoms with Crippen molar-refractivity contribution in [3.63, 3.8) is 0 Å². The fraction of sp³-hybridized carbons (Fsp3) is 0.286. The molecule has 2 saturated heterocycles. The average molecular weight is 499 g/mol. The number of rotatable bonds is 6. The van der Waals surface area contributed by atoms with E-state index in [9.17, 15) is 10.5 Å². The van der Waals surface area contributed by atoms with Gasteiger partial charge in [-0.25, -0.2) is 0 Å². The lowest BCUT2D eigenvalue weighted by atomic mass is 10.1. The summed E-state index contributed by atoms with van der Waals surface area (Å²) in [5.74, 6) is 1.20. The average Bonchev–Trinajstić information content (AvgIpc) is 3.69. The summed E-state index contributed by atoms with van der Waals surface area (Å²) in [6.07, 6.45) is 16.4. The normalized spacial score (nSPS) is 18.1. The molecule has 0 aromatic carbocycles. The zero-order valence-corrected chi connectivity index (χ0v) is 21.1. The smallest absolute Gasteiger partial charge is 0.137 e. The van der Waals surface area contributed by atoms with Crippen molar-refractivity contribution in [2.45, 2.75) is 25.7 Å². The fourth-order valence-electron chi connectivity index (χ4n) is 4.41. The Morgan fingerprint density at radius 2 is 1.17 bits per heavy atom. The third-order valence-corrected chi connectivity index (χ3v) is 8.45. The molecule has 3 aliphatic heterocycles. The minimum absolute atomic E-state index is 0.0741. The molecule has 0 spiro atoms. The first-order chi connectivity index (χ1) is 17.2. The summed E-state index contributed by atoms with van der Waals surface area (Å²) in [6.45, 7) is 4.51. The lowest BCUT2D eigenvalue weighted by molar-refractivity contribution is 0.332. The van der Waals surface area contributed by atoms with Crippen molar-refractivity contribution in [3.8, 4) is 12.1 Å². The van der Waals surface area contributed by atoms with E-state index in [1.165, 1.54) is 35.7 Å². The van der Waals surface area contributed by atoms with Gasteiger partial charge in [0.05, 0.1) is 10.0 Å². The van der Waals surface area contributed by atoms with Crippen molar-refractivity contribution in [1.82, 2.24) is 0 Å². The lowest BCUT2D eigenvalue weighted by Crippen LogP contribution is -2.15. The van der Waals surface area contributed by atoms with Crippen molar-refractivity contribution in [2.75, 3.05) is 36.0 Å². The van der Waals surface area contributed by atoms with Gasteiger partial charge in [-0.2, -0.15) is 10.5 Å². The molecule has 2 aromatic heterocycles. The molecule has 7 heteroatoms. The van der Waals surface area contributed by atoms with Gasteiger partial charge in [-0.15, -0.1) is 22.7 Å². The minimum Gasteiger partial charge on any atom is -0.457 e. The van der Waals surface area contributed by atoms with Gasteiger partial charge >= 0.3 is 0 Å². The van der Waals surface area contributed by atoms with E-state index in [-0.39, 0.29) is 5.57 Å². The molecular formula is C28H26N4OS2. The van der Waals surface area contributed by atoms with Crippen LogP contribution < -0.4 is 9.80 Å². The molecule has 0 bridgehead atoms. The number of ether oxygens (including phenoxy) is 1. The first kappa shape index (κ1) is 23.2. The maximum atomic E-state index is 9.41. The van der Waals surface area contributed by atoms with Gasteiger partial charge < -0.3 is 14.5 Å². The number of nitriles is 2. The molecule has 176 valence electrons. The summed E-state index contributed by atoms with van der Waals surface area (Å²) in [6, 6.07) is 12.6. The standard InChI is InChI=1S/C28H26N4OS2/c29-19-22(20-30)21-17-23(5-7-25-9-11-27(34-25)31-13-1-2-14-31)33-24(18-21)6-8-26-10-12-28(35-26)32-15-3-4-16-32/h5-12,17-18H,1-4,13-16H2. The van der Waals surface area contributed by atoms with E-state index in [0.29, 0.717) is 17.1 Å². The van der Waals surface area contributed by atoms with Crippen LogP contribution in [0.1, 0.15) is 35.4 Å². The SMILES string of the molecule is N#CC(C#N)=C1C=C(C=Cc2ccc(N3CCCC3)s2)OC(C=Cc2ccc(N3CCCC3)s2)=C1. The Balaban J connectivity index is 1.33. The van der Waals surface area contributed by atoms with E-state index in [1.54, 1.807) is 34.8 Å². The molecule has 0 unspecified atom stereocenters. The molecule has 0 N–H and O–H groups in total. The third kappa shape index (κ3) is 5.59. The summed E-state index contributed by atoms with van der Waals surface area (Å²) < 4.78 is 6.10. The molecule has 0 amide bonds. The topological polar surface area (TPSA) is 63.3 Å². The van der Waals surface area contributed by atoms with Gasteiger partial charge in [0.1, 0.15) is 29.2 Å². The van der Waals surface area contributed by atoms with Gasteiger partial charge in [-0.1, -0.05) is 0 Å². The van der Waals surface area contributed by atoms with Gasteiger partial charge in [0.15, 0.2) is 0 Å². The molecule has 0 radical (unpaired) electrons. The van der Waals surface area contributed by atoms with Crippen LogP contribution in [0.4, 0.5) is 10.0 Å². The van der Waals surface area contributed by atoms with Gasteiger partial charge in [-0.05, 0) is 86.4 Å². The van der Waals surface area contributed by atoms with E-state index >= 15 is 0 Å². The van der Waals surface area contributed by atoms with Crippen molar-refractivity contribution >= 4 is 44.8 Å². The second-order valence-corrected chi connectivity index (χ2v) is 10.8. The second-order valence-electron chi connectivity index (χ2n) is 8.66. The second kappa shape index (κ2) is 10.8. The molecule has 5 heterocycles. The van der Waals surface area contributed by atoms with Crippen LogP contribution in [0.5, 0.6) is 0 Å². The van der Waals surface area contributed by atoms with Crippen LogP contribution in [0.25, 0.3) is 12.2 Å². The summed E-state index contributed by atoms with van der Waals surface area (Å²) in [5.41, 5.74) is 0.637. The number of anilines is 2. The molecule has 35 heavy (non-hydrogen) atoms. The zero-order valence-electron chi connectivity index (χ0n) is 19.4. The Morgan fingerprint density at radius 1 is 0.714 bits per heavy atom. The van der Waals surface area contributed by atoms with E-state index < -0.39 is 0 Å². The molecule has 5 nitrogen and oxygen atoms in total. The predicted molar refractivity (Wildman–Crippen MR) is 145 cm³/mol. The highest BCUT2D eigenvalue weighted by molar-refractivity contribution is 7.17. The van der Waals surface area contributed by atoms with Crippen molar-refractivity contribution < 1.29 is 4.74 Å². The van der Waals surface area contributed by atoms with Crippen LogP contribution in [0.15, 0.2) is 71.2 Å². The fourth-order valence-corrected chi connectivity index (χ4v) is 6.34. The number of nitrogens with zero attached hydrogens (tertiary/aromatic N) is 4. The minimum atomic E-state index is 0.0741. The first-order valence-corrected chi connectivity index (χ1v) is 13.6. The van der Waals surface area contributed by atoms with Crippen LogP contribution in [0, 0.1) is 22.7 Å². The summed E-state index contributed by atoms with van der Waals surface area (Å²) in [5, 5.41) is 21.4. The number of thiophene rings is 2. The Hall–Kier alpha value is -3.52. The maximum absolute atomic E-state index is 9.41. The first-order valence-electron chi connectivity index (χ1n) is 11.9. The third-order valence-electron chi connectivity index (χ3n) is 6.23. The van der Waals surface area contributed by atoms with Crippen molar-refractivity contribution in [2.24, 2.45) is 0 Å². The molecule has 0 aliphatic carbocycles. The summed E-state index contributed by atoms with van der Waals surface area (Å²) >= 11 is 3.53. The molecule has 5 rings (SSSR count). The number of hydrogen-bond donors (Lipinski definition) is 0.